The molecule has 5 heteroatoms. The number of hydrogen-bond donors (Lipinski definition) is 0. The van der Waals surface area contributed by atoms with E-state index in [0.717, 1.165) is 28.8 Å². The molecule has 0 spiro atoms. The van der Waals surface area contributed by atoms with Crippen LogP contribution in [0.2, 0.25) is 0 Å². The molecule has 0 atom stereocenters. The molecule has 2 heterocycles. The lowest BCUT2D eigenvalue weighted by Gasteiger charge is -2.05. The van der Waals surface area contributed by atoms with Crippen LogP contribution in [0.4, 0.5) is 0 Å². The second-order valence-electron chi connectivity index (χ2n) is 3.39. The molecule has 0 saturated carbocycles. The molecule has 2 rings (SSSR count). The van der Waals surface area contributed by atoms with Crippen molar-refractivity contribution in [1.82, 2.24) is 19.7 Å². The summed E-state index contributed by atoms with van der Waals surface area (Å²) >= 11 is 1.64. The van der Waals surface area contributed by atoms with Crippen molar-refractivity contribution in [3.8, 4) is 11.4 Å². The van der Waals surface area contributed by atoms with Crippen LogP contribution in [0.25, 0.3) is 11.4 Å². The minimum absolute atomic E-state index is 0.842. The Morgan fingerprint density at radius 1 is 1.35 bits per heavy atom. The Labute approximate surface area is 105 Å². The first-order valence-electron chi connectivity index (χ1n) is 5.44. The molecule has 88 valence electrons. The molecule has 0 aromatic carbocycles. The van der Waals surface area contributed by atoms with E-state index in [1.54, 1.807) is 24.2 Å². The van der Waals surface area contributed by atoms with Crippen molar-refractivity contribution in [2.75, 3.05) is 5.75 Å². The highest BCUT2D eigenvalue weighted by Crippen LogP contribution is 2.23. The SMILES string of the molecule is C=CCSc1nnc(-c2ccncc2)n1CC. The third-order valence-electron chi connectivity index (χ3n) is 2.30. The van der Waals surface area contributed by atoms with Gasteiger partial charge in [-0.1, -0.05) is 17.8 Å². The van der Waals surface area contributed by atoms with Crippen molar-refractivity contribution in [2.45, 2.75) is 18.6 Å². The molecule has 2 aromatic heterocycles. The molecule has 0 aliphatic carbocycles. The molecule has 0 aliphatic rings. The van der Waals surface area contributed by atoms with Crippen molar-refractivity contribution in [3.63, 3.8) is 0 Å². The fraction of sp³-hybridized carbons (Fsp3) is 0.250. The van der Waals surface area contributed by atoms with Gasteiger partial charge in [-0.05, 0) is 19.1 Å². The van der Waals surface area contributed by atoms with Crippen LogP contribution >= 0.6 is 11.8 Å². The van der Waals surface area contributed by atoms with Gasteiger partial charge in [-0.2, -0.15) is 0 Å². The minimum Gasteiger partial charge on any atom is -0.302 e. The smallest absolute Gasteiger partial charge is 0.191 e. The Morgan fingerprint density at radius 3 is 2.76 bits per heavy atom. The molecule has 0 amide bonds. The molecule has 2 aromatic rings. The topological polar surface area (TPSA) is 43.6 Å². The van der Waals surface area contributed by atoms with Crippen LogP contribution in [0.1, 0.15) is 6.92 Å². The number of hydrogen-bond acceptors (Lipinski definition) is 4. The zero-order valence-electron chi connectivity index (χ0n) is 9.71. The normalized spacial score (nSPS) is 10.4. The van der Waals surface area contributed by atoms with Gasteiger partial charge in [0.1, 0.15) is 0 Å². The standard InChI is InChI=1S/C12H14N4S/c1-3-9-17-12-15-14-11(16(12)4-2)10-5-7-13-8-6-10/h3,5-8H,1,4,9H2,2H3. The van der Waals surface area contributed by atoms with Crippen molar-refractivity contribution >= 4 is 11.8 Å². The van der Waals surface area contributed by atoms with Gasteiger partial charge in [-0.25, -0.2) is 0 Å². The van der Waals surface area contributed by atoms with Crippen LogP contribution in [0.15, 0.2) is 42.3 Å². The van der Waals surface area contributed by atoms with Crippen LogP contribution in [0.3, 0.4) is 0 Å². The third kappa shape index (κ3) is 2.55. The van der Waals surface area contributed by atoms with E-state index >= 15 is 0 Å². The van der Waals surface area contributed by atoms with Gasteiger partial charge in [-0.15, -0.1) is 16.8 Å². The largest absolute Gasteiger partial charge is 0.302 e. The Hall–Kier alpha value is -1.62. The molecule has 0 N–H and O–H groups in total. The monoisotopic (exact) mass is 246 g/mol. The molecular formula is C12H14N4S. The minimum atomic E-state index is 0.842. The van der Waals surface area contributed by atoms with Gasteiger partial charge in [0.2, 0.25) is 0 Å². The van der Waals surface area contributed by atoms with E-state index in [2.05, 4.69) is 33.3 Å². The lowest BCUT2D eigenvalue weighted by atomic mass is 10.2. The summed E-state index contributed by atoms with van der Waals surface area (Å²) in [6.07, 6.45) is 5.40. The van der Waals surface area contributed by atoms with Crippen LogP contribution in [-0.4, -0.2) is 25.5 Å². The summed E-state index contributed by atoms with van der Waals surface area (Å²) in [6, 6.07) is 3.89. The first kappa shape index (κ1) is 11.9. The first-order chi connectivity index (χ1) is 8.36. The molecule has 0 radical (unpaired) electrons. The summed E-state index contributed by atoms with van der Waals surface area (Å²) < 4.78 is 2.10. The maximum atomic E-state index is 4.24. The maximum Gasteiger partial charge on any atom is 0.191 e. The van der Waals surface area contributed by atoms with Crippen molar-refractivity contribution < 1.29 is 0 Å². The Kier molecular flexibility index (Phi) is 3.93. The predicted octanol–water partition coefficient (Wildman–Crippen LogP) is 2.64. The van der Waals surface area contributed by atoms with E-state index in [1.807, 2.05) is 18.2 Å². The van der Waals surface area contributed by atoms with Gasteiger partial charge < -0.3 is 4.57 Å². The average molecular weight is 246 g/mol. The van der Waals surface area contributed by atoms with Crippen molar-refractivity contribution in [1.29, 1.82) is 0 Å². The Balaban J connectivity index is 2.35. The van der Waals surface area contributed by atoms with Crippen LogP contribution < -0.4 is 0 Å². The highest BCUT2D eigenvalue weighted by molar-refractivity contribution is 7.99. The molecule has 0 saturated heterocycles. The summed E-state index contributed by atoms with van der Waals surface area (Å²) in [5.41, 5.74) is 1.04. The zero-order valence-corrected chi connectivity index (χ0v) is 10.5. The number of nitrogens with zero attached hydrogens (tertiary/aromatic N) is 4. The third-order valence-corrected chi connectivity index (χ3v) is 3.26. The van der Waals surface area contributed by atoms with Crippen molar-refractivity contribution in [3.05, 3.63) is 37.2 Å². The molecule has 0 aliphatic heterocycles. The molecule has 0 unspecified atom stereocenters. The number of rotatable bonds is 5. The van der Waals surface area contributed by atoms with Crippen LogP contribution in [0.5, 0.6) is 0 Å². The predicted molar refractivity (Wildman–Crippen MR) is 69.8 cm³/mol. The van der Waals surface area contributed by atoms with Gasteiger partial charge in [-0.3, -0.25) is 4.98 Å². The van der Waals surface area contributed by atoms with E-state index in [-0.39, 0.29) is 0 Å². The Morgan fingerprint density at radius 2 is 2.12 bits per heavy atom. The Bertz CT molecular complexity index is 492. The second-order valence-corrected chi connectivity index (χ2v) is 4.37. The lowest BCUT2D eigenvalue weighted by Crippen LogP contribution is -1.99. The van der Waals surface area contributed by atoms with Crippen LogP contribution in [-0.2, 0) is 6.54 Å². The zero-order chi connectivity index (χ0) is 12.1. The number of thioether (sulfide) groups is 1. The molecule has 4 nitrogen and oxygen atoms in total. The molecule has 17 heavy (non-hydrogen) atoms. The molecule has 0 bridgehead atoms. The van der Waals surface area contributed by atoms with E-state index in [4.69, 9.17) is 0 Å². The van der Waals surface area contributed by atoms with Gasteiger partial charge in [0, 0.05) is 30.3 Å². The quantitative estimate of drug-likeness (QED) is 0.601. The van der Waals surface area contributed by atoms with Gasteiger partial charge in [0.15, 0.2) is 11.0 Å². The summed E-state index contributed by atoms with van der Waals surface area (Å²) in [5, 5.41) is 9.38. The second kappa shape index (κ2) is 5.63. The lowest BCUT2D eigenvalue weighted by molar-refractivity contribution is 0.688. The first-order valence-corrected chi connectivity index (χ1v) is 6.42. The van der Waals surface area contributed by atoms with Crippen molar-refractivity contribution in [2.24, 2.45) is 0 Å². The molecule has 0 fully saturated rings. The van der Waals surface area contributed by atoms with Crippen LogP contribution in [0, 0.1) is 0 Å². The average Bonchev–Trinajstić information content (AvgIpc) is 2.80. The highest BCUT2D eigenvalue weighted by atomic mass is 32.2. The fourth-order valence-electron chi connectivity index (χ4n) is 1.53. The van der Waals surface area contributed by atoms with Gasteiger partial charge in [0.05, 0.1) is 0 Å². The molecular weight excluding hydrogens is 232 g/mol. The summed E-state index contributed by atoms with van der Waals surface area (Å²) in [4.78, 5) is 4.01. The van der Waals surface area contributed by atoms with E-state index in [0.29, 0.717) is 0 Å². The maximum absolute atomic E-state index is 4.24. The highest BCUT2D eigenvalue weighted by Gasteiger charge is 2.11. The number of aromatic nitrogens is 4. The summed E-state index contributed by atoms with van der Waals surface area (Å²) in [6.45, 7) is 6.65. The van der Waals surface area contributed by atoms with Gasteiger partial charge in [0.25, 0.3) is 0 Å². The van der Waals surface area contributed by atoms with E-state index in [9.17, 15) is 0 Å². The summed E-state index contributed by atoms with van der Waals surface area (Å²) in [5.74, 6) is 1.73. The fourth-order valence-corrected chi connectivity index (χ4v) is 2.27. The van der Waals surface area contributed by atoms with E-state index < -0.39 is 0 Å². The van der Waals surface area contributed by atoms with Gasteiger partial charge >= 0.3 is 0 Å². The summed E-state index contributed by atoms with van der Waals surface area (Å²) in [7, 11) is 0. The van der Waals surface area contributed by atoms with E-state index in [1.165, 1.54) is 0 Å². The number of pyridine rings is 1.